The Bertz CT molecular complexity index is 422. The zero-order valence-electron chi connectivity index (χ0n) is 10.7. The van der Waals surface area contributed by atoms with Crippen molar-refractivity contribution in [3.8, 4) is 0 Å². The predicted octanol–water partition coefficient (Wildman–Crippen LogP) is 1.87. The molecule has 2 rings (SSSR count). The van der Waals surface area contributed by atoms with Gasteiger partial charge in [0.25, 0.3) is 0 Å². The van der Waals surface area contributed by atoms with Crippen LogP contribution < -0.4 is 5.32 Å². The average Bonchev–Trinajstić information content (AvgIpc) is 2.39. The van der Waals surface area contributed by atoms with Gasteiger partial charge >= 0.3 is 6.09 Å². The van der Waals surface area contributed by atoms with E-state index in [4.69, 9.17) is 4.74 Å². The summed E-state index contributed by atoms with van der Waals surface area (Å²) in [7, 11) is 3.42. The number of rotatable bonds is 2. The topological polar surface area (TPSA) is 50.8 Å². The first kappa shape index (κ1) is 12.9. The van der Waals surface area contributed by atoms with E-state index in [1.165, 1.54) is 7.11 Å². The van der Waals surface area contributed by atoms with Crippen molar-refractivity contribution in [1.29, 1.82) is 0 Å². The van der Waals surface area contributed by atoms with Gasteiger partial charge in [0.05, 0.1) is 19.8 Å². The number of benzene rings is 1. The second-order valence-corrected chi connectivity index (χ2v) is 4.36. The van der Waals surface area contributed by atoms with Crippen molar-refractivity contribution in [2.75, 3.05) is 39.2 Å². The second kappa shape index (κ2) is 5.84. The second-order valence-electron chi connectivity index (χ2n) is 4.36. The van der Waals surface area contributed by atoms with E-state index in [0.717, 1.165) is 30.9 Å². The van der Waals surface area contributed by atoms with Gasteiger partial charge < -0.3 is 14.4 Å². The van der Waals surface area contributed by atoms with Crippen LogP contribution in [0.1, 0.15) is 11.7 Å². The van der Waals surface area contributed by atoms with E-state index in [2.05, 4.69) is 22.0 Å². The molecule has 1 unspecified atom stereocenters. The van der Waals surface area contributed by atoms with Crippen LogP contribution in [-0.2, 0) is 9.47 Å². The highest BCUT2D eigenvalue weighted by molar-refractivity contribution is 5.84. The quantitative estimate of drug-likeness (QED) is 0.870. The molecule has 1 aromatic carbocycles. The molecule has 1 amide bonds. The molecule has 0 saturated carbocycles. The molecule has 1 aliphatic rings. The zero-order chi connectivity index (χ0) is 13.0. The van der Waals surface area contributed by atoms with Gasteiger partial charge in [0.15, 0.2) is 0 Å². The molecule has 18 heavy (non-hydrogen) atoms. The number of anilines is 1. The molecule has 1 fully saturated rings. The number of likely N-dealkylation sites (N-methyl/N-ethyl adjacent to an activating group) is 1. The van der Waals surface area contributed by atoms with Gasteiger partial charge in [-0.2, -0.15) is 0 Å². The molecule has 0 aromatic heterocycles. The van der Waals surface area contributed by atoms with Crippen LogP contribution in [0.15, 0.2) is 24.3 Å². The molecular weight excluding hydrogens is 232 g/mol. The highest BCUT2D eigenvalue weighted by atomic mass is 16.5. The number of methoxy groups -OCH3 is 1. The van der Waals surface area contributed by atoms with Crippen molar-refractivity contribution in [2.45, 2.75) is 6.10 Å². The number of nitrogens with one attached hydrogen (secondary N) is 1. The van der Waals surface area contributed by atoms with E-state index in [9.17, 15) is 4.79 Å². The van der Waals surface area contributed by atoms with Gasteiger partial charge in [-0.15, -0.1) is 0 Å². The van der Waals surface area contributed by atoms with Gasteiger partial charge in [-0.3, -0.25) is 5.32 Å². The Morgan fingerprint density at radius 2 is 2.39 bits per heavy atom. The molecule has 0 aliphatic carbocycles. The Balaban J connectivity index is 2.08. The Morgan fingerprint density at radius 3 is 3.11 bits per heavy atom. The molecule has 1 atom stereocenters. The van der Waals surface area contributed by atoms with Gasteiger partial charge in [0.2, 0.25) is 0 Å². The van der Waals surface area contributed by atoms with Crippen molar-refractivity contribution in [3.63, 3.8) is 0 Å². The van der Waals surface area contributed by atoms with Crippen LogP contribution in [0, 0.1) is 0 Å². The summed E-state index contributed by atoms with van der Waals surface area (Å²) >= 11 is 0. The third-order valence-corrected chi connectivity index (χ3v) is 2.96. The van der Waals surface area contributed by atoms with Gasteiger partial charge in [-0.1, -0.05) is 12.1 Å². The maximum absolute atomic E-state index is 11.1. The van der Waals surface area contributed by atoms with Crippen LogP contribution in [0.3, 0.4) is 0 Å². The SMILES string of the molecule is COC(=O)Nc1cccc(C2CN(C)CCO2)c1. The van der Waals surface area contributed by atoms with Gasteiger partial charge in [-0.05, 0) is 24.7 Å². The molecule has 1 heterocycles. The minimum absolute atomic E-state index is 0.0585. The molecule has 0 bridgehead atoms. The third-order valence-electron chi connectivity index (χ3n) is 2.96. The summed E-state index contributed by atoms with van der Waals surface area (Å²) in [6, 6.07) is 7.65. The minimum Gasteiger partial charge on any atom is -0.453 e. The minimum atomic E-state index is -0.464. The van der Waals surface area contributed by atoms with Crippen molar-refractivity contribution < 1.29 is 14.3 Å². The molecule has 5 heteroatoms. The van der Waals surface area contributed by atoms with E-state index >= 15 is 0 Å². The number of carbonyl (C=O) groups excluding carboxylic acids is 1. The molecule has 1 aliphatic heterocycles. The highest BCUT2D eigenvalue weighted by Crippen LogP contribution is 2.23. The van der Waals surface area contributed by atoms with Crippen LogP contribution in [0.2, 0.25) is 0 Å². The lowest BCUT2D eigenvalue weighted by Crippen LogP contribution is -2.35. The fourth-order valence-corrected chi connectivity index (χ4v) is 1.97. The molecule has 1 aromatic rings. The van der Waals surface area contributed by atoms with E-state index in [1.54, 1.807) is 0 Å². The first-order valence-electron chi connectivity index (χ1n) is 5.94. The number of hydrogen-bond donors (Lipinski definition) is 1. The predicted molar refractivity (Wildman–Crippen MR) is 68.7 cm³/mol. The smallest absolute Gasteiger partial charge is 0.411 e. The van der Waals surface area contributed by atoms with Crippen molar-refractivity contribution >= 4 is 11.8 Å². The molecule has 98 valence electrons. The fourth-order valence-electron chi connectivity index (χ4n) is 1.97. The lowest BCUT2D eigenvalue weighted by atomic mass is 10.1. The summed E-state index contributed by atoms with van der Waals surface area (Å²) in [6.45, 7) is 2.55. The largest absolute Gasteiger partial charge is 0.453 e. The number of amides is 1. The summed E-state index contributed by atoms with van der Waals surface area (Å²) in [4.78, 5) is 13.4. The number of carbonyl (C=O) groups is 1. The van der Waals surface area contributed by atoms with E-state index < -0.39 is 6.09 Å². The number of ether oxygens (including phenoxy) is 2. The number of hydrogen-bond acceptors (Lipinski definition) is 4. The van der Waals surface area contributed by atoms with Crippen LogP contribution in [0.25, 0.3) is 0 Å². The standard InChI is InChI=1S/C13H18N2O3/c1-15-6-7-18-12(9-15)10-4-3-5-11(8-10)14-13(16)17-2/h3-5,8,12H,6-7,9H2,1-2H3,(H,14,16). The summed E-state index contributed by atoms with van der Waals surface area (Å²) in [5.74, 6) is 0. The maximum atomic E-state index is 11.1. The first-order chi connectivity index (χ1) is 8.69. The Kier molecular flexibility index (Phi) is 4.17. The summed E-state index contributed by atoms with van der Waals surface area (Å²) in [6.07, 6.45) is -0.406. The van der Waals surface area contributed by atoms with Crippen molar-refractivity contribution in [1.82, 2.24) is 4.90 Å². The van der Waals surface area contributed by atoms with Crippen molar-refractivity contribution in [3.05, 3.63) is 29.8 Å². The Labute approximate surface area is 107 Å². The first-order valence-corrected chi connectivity index (χ1v) is 5.94. The molecule has 0 spiro atoms. The molecule has 5 nitrogen and oxygen atoms in total. The monoisotopic (exact) mass is 250 g/mol. The van der Waals surface area contributed by atoms with Crippen LogP contribution in [0.5, 0.6) is 0 Å². The van der Waals surface area contributed by atoms with E-state index in [-0.39, 0.29) is 6.10 Å². The lowest BCUT2D eigenvalue weighted by Gasteiger charge is -2.30. The summed E-state index contributed by atoms with van der Waals surface area (Å²) < 4.78 is 10.3. The highest BCUT2D eigenvalue weighted by Gasteiger charge is 2.19. The summed E-state index contributed by atoms with van der Waals surface area (Å²) in [5, 5.41) is 2.65. The van der Waals surface area contributed by atoms with E-state index in [0.29, 0.717) is 0 Å². The van der Waals surface area contributed by atoms with Crippen molar-refractivity contribution in [2.24, 2.45) is 0 Å². The fraction of sp³-hybridized carbons (Fsp3) is 0.462. The molecule has 1 saturated heterocycles. The average molecular weight is 250 g/mol. The van der Waals surface area contributed by atoms with Gasteiger partial charge in [-0.25, -0.2) is 4.79 Å². The maximum Gasteiger partial charge on any atom is 0.411 e. The molecule has 1 N–H and O–H groups in total. The molecule has 0 radical (unpaired) electrons. The zero-order valence-corrected chi connectivity index (χ0v) is 10.7. The Morgan fingerprint density at radius 1 is 1.56 bits per heavy atom. The number of morpholine rings is 1. The summed E-state index contributed by atoms with van der Waals surface area (Å²) in [5.41, 5.74) is 1.78. The van der Waals surface area contributed by atoms with Crippen LogP contribution in [0.4, 0.5) is 10.5 Å². The van der Waals surface area contributed by atoms with Gasteiger partial charge in [0, 0.05) is 18.8 Å². The van der Waals surface area contributed by atoms with Crippen LogP contribution in [-0.4, -0.2) is 44.8 Å². The third kappa shape index (κ3) is 3.21. The Hall–Kier alpha value is -1.59. The molecular formula is C13H18N2O3. The van der Waals surface area contributed by atoms with Gasteiger partial charge in [0.1, 0.15) is 0 Å². The van der Waals surface area contributed by atoms with Crippen LogP contribution >= 0.6 is 0 Å². The lowest BCUT2D eigenvalue weighted by molar-refractivity contribution is -0.0208. The number of nitrogens with zero attached hydrogens (tertiary/aromatic N) is 1. The van der Waals surface area contributed by atoms with E-state index in [1.807, 2.05) is 24.3 Å². The normalized spacial score (nSPS) is 20.4.